The monoisotopic (exact) mass is 582 g/mol. The minimum absolute atomic E-state index is 0.0902. The highest BCUT2D eigenvalue weighted by Crippen LogP contribution is 2.41. The van der Waals surface area contributed by atoms with Crippen LogP contribution in [0.5, 0.6) is 0 Å². The van der Waals surface area contributed by atoms with Crippen molar-refractivity contribution in [3.8, 4) is 0 Å². The van der Waals surface area contributed by atoms with Crippen LogP contribution in [0.3, 0.4) is 0 Å². The molecular formula is C12F8I2S. The van der Waals surface area contributed by atoms with E-state index in [-0.39, 0.29) is 11.8 Å². The van der Waals surface area contributed by atoms with E-state index in [1.54, 1.807) is 0 Å². The average Bonchev–Trinajstić information content (AvgIpc) is 2.54. The average molecular weight is 582 g/mol. The number of halogens is 10. The number of hydrogen-bond acceptors (Lipinski definition) is 1. The van der Waals surface area contributed by atoms with E-state index in [2.05, 4.69) is 0 Å². The van der Waals surface area contributed by atoms with Crippen molar-refractivity contribution in [1.82, 2.24) is 0 Å². The second kappa shape index (κ2) is 6.90. The van der Waals surface area contributed by atoms with Gasteiger partial charge < -0.3 is 0 Å². The third-order valence-corrected chi connectivity index (χ3v) is 6.48. The zero-order valence-corrected chi connectivity index (χ0v) is 15.3. The molecule has 11 heteroatoms. The molecule has 0 N–H and O–H groups in total. The van der Waals surface area contributed by atoms with Gasteiger partial charge in [-0.2, -0.15) is 0 Å². The van der Waals surface area contributed by atoms with Crippen molar-refractivity contribution in [2.75, 3.05) is 0 Å². The van der Waals surface area contributed by atoms with Gasteiger partial charge in [0.05, 0.1) is 16.9 Å². The van der Waals surface area contributed by atoms with Gasteiger partial charge in [0, 0.05) is 0 Å². The van der Waals surface area contributed by atoms with Gasteiger partial charge in [0.25, 0.3) is 0 Å². The molecule has 2 aromatic carbocycles. The molecule has 23 heavy (non-hydrogen) atoms. The summed E-state index contributed by atoms with van der Waals surface area (Å²) in [5.41, 5.74) is 0. The molecule has 0 amide bonds. The smallest absolute Gasteiger partial charge is 0.198 e. The summed E-state index contributed by atoms with van der Waals surface area (Å²) in [5.74, 6) is -15.7. The summed E-state index contributed by atoms with van der Waals surface area (Å²) in [5, 5.41) is 0. The maximum atomic E-state index is 13.7. The molecule has 0 saturated carbocycles. The van der Waals surface area contributed by atoms with E-state index in [1.807, 2.05) is 0 Å². The molecule has 124 valence electrons. The van der Waals surface area contributed by atoms with E-state index < -0.39 is 63.5 Å². The van der Waals surface area contributed by atoms with Crippen molar-refractivity contribution in [3.63, 3.8) is 0 Å². The van der Waals surface area contributed by atoms with Crippen LogP contribution in [0.1, 0.15) is 0 Å². The van der Waals surface area contributed by atoms with Gasteiger partial charge in [-0.3, -0.25) is 0 Å². The molecule has 0 bridgehead atoms. The Bertz CT molecular complexity index is 698. The van der Waals surface area contributed by atoms with E-state index >= 15 is 0 Å². The van der Waals surface area contributed by atoms with Crippen molar-refractivity contribution in [3.05, 3.63) is 53.7 Å². The number of rotatable bonds is 2. The minimum atomic E-state index is -2.16. The van der Waals surface area contributed by atoms with E-state index in [4.69, 9.17) is 0 Å². The fourth-order valence-electron chi connectivity index (χ4n) is 1.45. The van der Waals surface area contributed by atoms with E-state index in [9.17, 15) is 35.1 Å². The first kappa shape index (κ1) is 19.0. The zero-order chi connectivity index (χ0) is 17.6. The number of hydrogen-bond donors (Lipinski definition) is 0. The predicted octanol–water partition coefficient (Wildman–Crippen LogP) is 6.16. The lowest BCUT2D eigenvalue weighted by molar-refractivity contribution is 0.391. The van der Waals surface area contributed by atoms with Crippen molar-refractivity contribution in [2.24, 2.45) is 0 Å². The van der Waals surface area contributed by atoms with Gasteiger partial charge in [0.1, 0.15) is 0 Å². The molecule has 2 aromatic rings. The third-order valence-electron chi connectivity index (χ3n) is 2.54. The Morgan fingerprint density at radius 2 is 0.696 bits per heavy atom. The highest BCUT2D eigenvalue weighted by atomic mass is 127. The first-order valence-electron chi connectivity index (χ1n) is 5.30. The summed E-state index contributed by atoms with van der Waals surface area (Å²) in [6.07, 6.45) is 0. The molecule has 0 heterocycles. The summed E-state index contributed by atoms with van der Waals surface area (Å²) in [6.45, 7) is 0. The van der Waals surface area contributed by atoms with E-state index in [0.29, 0.717) is 0 Å². The summed E-state index contributed by atoms with van der Waals surface area (Å²) >= 11 is 2.15. The molecule has 0 radical (unpaired) electrons. The van der Waals surface area contributed by atoms with E-state index in [0.717, 1.165) is 45.2 Å². The van der Waals surface area contributed by atoms with E-state index in [1.165, 1.54) is 0 Å². The zero-order valence-electron chi connectivity index (χ0n) is 10.2. The van der Waals surface area contributed by atoms with Crippen LogP contribution in [-0.4, -0.2) is 0 Å². The molecule has 0 aliphatic rings. The lowest BCUT2D eigenvalue weighted by atomic mass is 10.3. The molecule has 0 unspecified atom stereocenters. The van der Waals surface area contributed by atoms with Gasteiger partial charge in [-0.25, -0.2) is 35.1 Å². The maximum absolute atomic E-state index is 13.7. The van der Waals surface area contributed by atoms with Gasteiger partial charge in [0.2, 0.25) is 0 Å². The molecule has 0 spiro atoms. The fraction of sp³-hybridized carbons (Fsp3) is 0. The Hall–Kier alpha value is -0.310. The van der Waals surface area contributed by atoms with Crippen LogP contribution < -0.4 is 0 Å². The highest BCUT2D eigenvalue weighted by molar-refractivity contribution is 14.1. The lowest BCUT2D eigenvalue weighted by Crippen LogP contribution is -2.05. The predicted molar refractivity (Wildman–Crippen MR) is 82.1 cm³/mol. The van der Waals surface area contributed by atoms with Crippen LogP contribution in [-0.2, 0) is 0 Å². The second-order valence-electron chi connectivity index (χ2n) is 3.90. The third kappa shape index (κ3) is 3.15. The van der Waals surface area contributed by atoms with Crippen LogP contribution >= 0.6 is 56.9 Å². The molecule has 0 aliphatic carbocycles. The molecule has 2 rings (SSSR count). The summed E-state index contributed by atoms with van der Waals surface area (Å²) < 4.78 is 105. The summed E-state index contributed by atoms with van der Waals surface area (Å²) in [6, 6.07) is 0. The van der Waals surface area contributed by atoms with Crippen molar-refractivity contribution in [1.29, 1.82) is 0 Å². The minimum Gasteiger partial charge on any atom is -0.202 e. The molecular weight excluding hydrogens is 582 g/mol. The summed E-state index contributed by atoms with van der Waals surface area (Å²) in [4.78, 5) is -1.85. The van der Waals surface area contributed by atoms with Gasteiger partial charge >= 0.3 is 0 Å². The van der Waals surface area contributed by atoms with Gasteiger partial charge in [0.15, 0.2) is 46.5 Å². The second-order valence-corrected chi connectivity index (χ2v) is 7.08. The topological polar surface area (TPSA) is 0 Å². The van der Waals surface area contributed by atoms with Crippen molar-refractivity contribution in [2.45, 2.75) is 9.79 Å². The molecule has 0 atom stereocenters. The molecule has 0 aromatic heterocycles. The first-order valence-corrected chi connectivity index (χ1v) is 8.27. The van der Waals surface area contributed by atoms with Gasteiger partial charge in [-0.05, 0) is 45.2 Å². The molecule has 0 saturated heterocycles. The van der Waals surface area contributed by atoms with Crippen LogP contribution in [0.4, 0.5) is 35.1 Å². The Labute approximate surface area is 154 Å². The quantitative estimate of drug-likeness (QED) is 0.177. The molecule has 0 aliphatic heterocycles. The Kier molecular flexibility index (Phi) is 5.70. The van der Waals surface area contributed by atoms with Crippen LogP contribution in [0.2, 0.25) is 0 Å². The standard InChI is InChI=1S/C12F8I2S/c13-1-3(15)7(19)11(9(21)5(1)17)23-12-8(20)4(16)2(14)6(18)10(12)22. The highest BCUT2D eigenvalue weighted by Gasteiger charge is 2.29. The Morgan fingerprint density at radius 3 is 1.00 bits per heavy atom. The van der Waals surface area contributed by atoms with Crippen LogP contribution in [0.15, 0.2) is 9.79 Å². The van der Waals surface area contributed by atoms with Crippen LogP contribution in [0.25, 0.3) is 0 Å². The fourth-order valence-corrected chi connectivity index (χ4v) is 3.98. The van der Waals surface area contributed by atoms with Crippen molar-refractivity contribution < 1.29 is 35.1 Å². The maximum Gasteiger partial charge on any atom is 0.198 e. The van der Waals surface area contributed by atoms with Crippen molar-refractivity contribution >= 4 is 56.9 Å². The van der Waals surface area contributed by atoms with Crippen LogP contribution in [0, 0.1) is 53.7 Å². The number of benzene rings is 2. The Balaban J connectivity index is 2.71. The van der Waals surface area contributed by atoms with Gasteiger partial charge in [-0.1, -0.05) is 11.8 Å². The lowest BCUT2D eigenvalue weighted by Gasteiger charge is -2.12. The normalized spacial score (nSPS) is 11.2. The SMILES string of the molecule is Fc1c(F)c(F)c(Sc2c(F)c(F)c(F)c(F)c2I)c(I)c1F. The largest absolute Gasteiger partial charge is 0.202 e. The first-order chi connectivity index (χ1) is 10.6. The molecule has 0 fully saturated rings. The van der Waals surface area contributed by atoms with Gasteiger partial charge in [-0.15, -0.1) is 0 Å². The summed E-state index contributed by atoms with van der Waals surface area (Å²) in [7, 11) is 0. The Morgan fingerprint density at radius 1 is 0.435 bits per heavy atom. The molecule has 0 nitrogen and oxygen atoms in total.